The highest BCUT2D eigenvalue weighted by Gasteiger charge is 2.59. The van der Waals surface area contributed by atoms with Gasteiger partial charge in [-0.3, -0.25) is 0 Å². The molecule has 3 aliphatic carbocycles. The van der Waals surface area contributed by atoms with E-state index in [0.29, 0.717) is 49.0 Å². The Balaban J connectivity index is 1.45. The van der Waals surface area contributed by atoms with Crippen LogP contribution in [0.25, 0.3) is 0 Å². The molecule has 3 unspecified atom stereocenters. The molecule has 0 aromatic heterocycles. The van der Waals surface area contributed by atoms with Crippen LogP contribution in [0.2, 0.25) is 0 Å². The van der Waals surface area contributed by atoms with Gasteiger partial charge in [0.2, 0.25) is 0 Å². The summed E-state index contributed by atoms with van der Waals surface area (Å²) in [6, 6.07) is 0. The summed E-state index contributed by atoms with van der Waals surface area (Å²) in [4.78, 5) is 0. The Hall–Kier alpha value is -0.940. The van der Waals surface area contributed by atoms with Gasteiger partial charge in [-0.15, -0.1) is 0 Å². The van der Waals surface area contributed by atoms with Crippen LogP contribution in [-0.4, -0.2) is 45.3 Å². The lowest BCUT2D eigenvalue weighted by Crippen LogP contribution is -2.45. The Bertz CT molecular complexity index is 738. The highest BCUT2D eigenvalue weighted by Crippen LogP contribution is 2.59. The molecule has 0 aromatic rings. The fraction of sp³-hybridized carbons (Fsp3) is 0.778. The van der Waals surface area contributed by atoms with Crippen LogP contribution >= 0.6 is 0 Å². The number of epoxide rings is 1. The topological polar surface area (TPSA) is 73.2 Å². The van der Waals surface area contributed by atoms with Crippen molar-refractivity contribution < 1.29 is 20.1 Å². The zero-order valence-corrected chi connectivity index (χ0v) is 19.8. The van der Waals surface area contributed by atoms with Crippen molar-refractivity contribution in [3.05, 3.63) is 35.5 Å². The molecule has 4 aliphatic rings. The van der Waals surface area contributed by atoms with Gasteiger partial charge in [-0.05, 0) is 88.4 Å². The van der Waals surface area contributed by atoms with Gasteiger partial charge in [-0.1, -0.05) is 49.3 Å². The number of aliphatic hydroxyl groups is 3. The third-order valence-corrected chi connectivity index (χ3v) is 8.78. The van der Waals surface area contributed by atoms with Gasteiger partial charge in [0.05, 0.1) is 24.4 Å². The van der Waals surface area contributed by atoms with Crippen molar-refractivity contribution in [2.45, 2.75) is 102 Å². The largest absolute Gasteiger partial charge is 0.390 e. The van der Waals surface area contributed by atoms with Crippen molar-refractivity contribution in [2.75, 3.05) is 6.61 Å². The summed E-state index contributed by atoms with van der Waals surface area (Å²) in [5.41, 5.74) is 1.71. The Morgan fingerprint density at radius 2 is 1.84 bits per heavy atom. The van der Waals surface area contributed by atoms with Gasteiger partial charge in [-0.2, -0.15) is 0 Å². The molecule has 3 N–H and O–H groups in total. The number of ether oxygens (including phenoxy) is 1. The van der Waals surface area contributed by atoms with Gasteiger partial charge in [0.25, 0.3) is 0 Å². The molecule has 4 heteroatoms. The molecule has 1 aliphatic heterocycles. The second-order valence-electron chi connectivity index (χ2n) is 11.6. The minimum Gasteiger partial charge on any atom is -0.390 e. The molecule has 0 amide bonds. The Morgan fingerprint density at radius 3 is 2.45 bits per heavy atom. The van der Waals surface area contributed by atoms with Crippen LogP contribution < -0.4 is 0 Å². The molecule has 31 heavy (non-hydrogen) atoms. The molecular formula is C27H42O4. The fourth-order valence-corrected chi connectivity index (χ4v) is 6.83. The first-order chi connectivity index (χ1) is 14.6. The van der Waals surface area contributed by atoms with Crippen LogP contribution in [0.3, 0.4) is 0 Å². The Morgan fingerprint density at radius 1 is 1.16 bits per heavy atom. The average Bonchev–Trinajstić information content (AvgIpc) is 3.40. The average molecular weight is 431 g/mol. The lowest BCUT2D eigenvalue weighted by Gasteiger charge is -2.44. The van der Waals surface area contributed by atoms with E-state index >= 15 is 0 Å². The summed E-state index contributed by atoms with van der Waals surface area (Å²) in [5.74, 6) is 1.83. The minimum atomic E-state index is -0.679. The Labute approximate surface area is 188 Å². The van der Waals surface area contributed by atoms with Crippen molar-refractivity contribution >= 4 is 0 Å². The van der Waals surface area contributed by atoms with Crippen molar-refractivity contribution in [2.24, 2.45) is 23.2 Å². The van der Waals surface area contributed by atoms with Gasteiger partial charge >= 0.3 is 0 Å². The summed E-state index contributed by atoms with van der Waals surface area (Å²) < 4.78 is 5.39. The van der Waals surface area contributed by atoms with Crippen LogP contribution in [0, 0.1) is 23.2 Å². The molecule has 4 fully saturated rings. The maximum absolute atomic E-state index is 10.4. The van der Waals surface area contributed by atoms with Crippen molar-refractivity contribution in [1.82, 2.24) is 0 Å². The highest BCUT2D eigenvalue weighted by molar-refractivity contribution is 5.28. The summed E-state index contributed by atoms with van der Waals surface area (Å²) >= 11 is 0. The van der Waals surface area contributed by atoms with Crippen LogP contribution in [0.5, 0.6) is 0 Å². The second-order valence-corrected chi connectivity index (χ2v) is 11.6. The van der Waals surface area contributed by atoms with Gasteiger partial charge < -0.3 is 20.1 Å². The predicted molar refractivity (Wildman–Crippen MR) is 123 cm³/mol. The summed E-state index contributed by atoms with van der Waals surface area (Å²) in [6.07, 6.45) is 15.9. The number of hydrogen-bond acceptors (Lipinski definition) is 4. The zero-order chi connectivity index (χ0) is 22.4. The third-order valence-electron chi connectivity index (χ3n) is 8.78. The zero-order valence-electron chi connectivity index (χ0n) is 19.8. The standard InChI is InChI=1S/C27H42O4/c1-18(7-5-13-25(2,3)30)21-11-12-22-20(8-6-14-26(21,22)4)10-9-19-15-23(28)27(17-31-27)24(29)16-19/h5,7,9-10,18,21-24,28-30H,6,8,11-17H2,1-4H3/t18-,21?,22?,23-,24-,26?,27?/m1/s1. The molecule has 1 saturated heterocycles. The first-order valence-electron chi connectivity index (χ1n) is 12.3. The maximum Gasteiger partial charge on any atom is 0.144 e. The van der Waals surface area contributed by atoms with Gasteiger partial charge in [0, 0.05) is 0 Å². The van der Waals surface area contributed by atoms with E-state index in [1.165, 1.54) is 25.7 Å². The van der Waals surface area contributed by atoms with E-state index in [4.69, 9.17) is 4.74 Å². The molecule has 4 nitrogen and oxygen atoms in total. The third kappa shape index (κ3) is 4.59. The molecule has 0 aromatic carbocycles. The van der Waals surface area contributed by atoms with Crippen LogP contribution in [0.4, 0.5) is 0 Å². The molecular weight excluding hydrogens is 388 g/mol. The van der Waals surface area contributed by atoms with Crippen LogP contribution in [-0.2, 0) is 4.74 Å². The Kier molecular flexibility index (Phi) is 6.33. The van der Waals surface area contributed by atoms with E-state index in [1.54, 1.807) is 5.57 Å². The smallest absolute Gasteiger partial charge is 0.144 e. The van der Waals surface area contributed by atoms with Crippen molar-refractivity contribution in [3.8, 4) is 0 Å². The monoisotopic (exact) mass is 430 g/mol. The lowest BCUT2D eigenvalue weighted by atomic mass is 9.61. The van der Waals surface area contributed by atoms with Crippen LogP contribution in [0.1, 0.15) is 79.1 Å². The molecule has 1 heterocycles. The summed E-state index contributed by atoms with van der Waals surface area (Å²) in [7, 11) is 0. The first-order valence-corrected chi connectivity index (χ1v) is 12.3. The first kappa shape index (κ1) is 23.2. The van der Waals surface area contributed by atoms with Gasteiger partial charge in [-0.25, -0.2) is 0 Å². The van der Waals surface area contributed by atoms with Gasteiger partial charge in [0.1, 0.15) is 5.60 Å². The van der Waals surface area contributed by atoms with Crippen molar-refractivity contribution in [3.63, 3.8) is 0 Å². The van der Waals surface area contributed by atoms with Gasteiger partial charge in [0.15, 0.2) is 0 Å². The van der Waals surface area contributed by atoms with Crippen molar-refractivity contribution in [1.29, 1.82) is 0 Å². The quantitative estimate of drug-likeness (QED) is 0.437. The number of allylic oxidation sites excluding steroid dienone is 4. The van der Waals surface area contributed by atoms with E-state index < -0.39 is 23.4 Å². The maximum atomic E-state index is 10.4. The molecule has 3 saturated carbocycles. The number of fused-ring (bicyclic) bond motifs is 1. The SMILES string of the molecule is C[C@H](C=CCC(C)(C)O)C1CCC2C(=CC=C3C[C@@H](O)C4(CO4)[C@H](O)C3)CCCC21C. The number of rotatable bonds is 5. The number of hydrogen-bond donors (Lipinski definition) is 3. The molecule has 174 valence electrons. The van der Waals surface area contributed by atoms with E-state index in [0.717, 1.165) is 12.0 Å². The van der Waals surface area contributed by atoms with E-state index in [9.17, 15) is 15.3 Å². The normalized spacial score (nSPS) is 42.9. The van der Waals surface area contributed by atoms with E-state index in [2.05, 4.69) is 38.2 Å². The lowest BCUT2D eigenvalue weighted by molar-refractivity contribution is -0.0292. The van der Waals surface area contributed by atoms with E-state index in [-0.39, 0.29) is 0 Å². The molecule has 1 spiro atoms. The predicted octanol–water partition coefficient (Wildman–Crippen LogP) is 4.69. The highest BCUT2D eigenvalue weighted by atomic mass is 16.6. The molecule has 6 atom stereocenters. The second kappa shape index (κ2) is 8.44. The fourth-order valence-electron chi connectivity index (χ4n) is 6.83. The van der Waals surface area contributed by atoms with E-state index in [1.807, 2.05) is 13.8 Å². The van der Waals surface area contributed by atoms with Crippen LogP contribution in [0.15, 0.2) is 35.5 Å². The summed E-state index contributed by atoms with van der Waals surface area (Å²) in [6.45, 7) is 9.05. The molecule has 0 radical (unpaired) electrons. The number of aliphatic hydroxyl groups excluding tert-OH is 2. The summed E-state index contributed by atoms with van der Waals surface area (Å²) in [5, 5.41) is 30.8. The minimum absolute atomic E-state index is 0.332. The molecule has 4 rings (SSSR count). The molecule has 0 bridgehead atoms.